The van der Waals surface area contributed by atoms with Crippen molar-refractivity contribution in [3.05, 3.63) is 65.2 Å². The number of likely N-dealkylation sites (tertiary alicyclic amines) is 1. The van der Waals surface area contributed by atoms with E-state index in [9.17, 15) is 13.2 Å². The molecule has 0 aliphatic carbocycles. The van der Waals surface area contributed by atoms with Crippen molar-refractivity contribution >= 4 is 27.3 Å². The van der Waals surface area contributed by atoms with Crippen LogP contribution in [0.25, 0.3) is 0 Å². The normalized spacial score (nSPS) is 16.0. The Morgan fingerprint density at radius 3 is 2.20 bits per heavy atom. The first kappa shape index (κ1) is 18.0. The molecule has 0 bridgehead atoms. The van der Waals surface area contributed by atoms with Gasteiger partial charge in [-0.05, 0) is 42.7 Å². The molecule has 0 aromatic heterocycles. The molecule has 0 atom stereocenters. The highest BCUT2D eigenvalue weighted by molar-refractivity contribution is 7.92. The van der Waals surface area contributed by atoms with Crippen molar-refractivity contribution in [2.45, 2.75) is 29.4 Å². The number of carbonyl (C=O) groups is 1. The smallest absolute Gasteiger partial charge is 0.226 e. The zero-order valence-electron chi connectivity index (χ0n) is 13.8. The van der Waals surface area contributed by atoms with E-state index >= 15 is 0 Å². The molecule has 1 aliphatic rings. The van der Waals surface area contributed by atoms with Crippen molar-refractivity contribution in [2.75, 3.05) is 13.1 Å². The second kappa shape index (κ2) is 7.58. The quantitative estimate of drug-likeness (QED) is 0.821. The lowest BCUT2D eigenvalue weighted by molar-refractivity contribution is -0.131. The number of carbonyl (C=O) groups excluding carboxylic acids is 1. The molecule has 2 aromatic rings. The Bertz CT molecular complexity index is 827. The van der Waals surface area contributed by atoms with Crippen LogP contribution in [0.4, 0.5) is 0 Å². The van der Waals surface area contributed by atoms with Gasteiger partial charge in [-0.15, -0.1) is 0 Å². The van der Waals surface area contributed by atoms with Crippen LogP contribution in [0.1, 0.15) is 18.4 Å². The molecule has 2 aromatic carbocycles. The van der Waals surface area contributed by atoms with E-state index in [0.29, 0.717) is 42.3 Å². The van der Waals surface area contributed by atoms with E-state index in [1.807, 2.05) is 12.1 Å². The van der Waals surface area contributed by atoms with Crippen molar-refractivity contribution in [3.63, 3.8) is 0 Å². The highest BCUT2D eigenvalue weighted by atomic mass is 35.5. The van der Waals surface area contributed by atoms with Gasteiger partial charge in [0.15, 0.2) is 9.84 Å². The monoisotopic (exact) mass is 377 g/mol. The summed E-state index contributed by atoms with van der Waals surface area (Å²) < 4.78 is 25.3. The van der Waals surface area contributed by atoms with Crippen LogP contribution in [-0.2, 0) is 21.1 Å². The number of halogens is 1. The van der Waals surface area contributed by atoms with Gasteiger partial charge in [-0.25, -0.2) is 8.42 Å². The predicted molar refractivity (Wildman–Crippen MR) is 98.4 cm³/mol. The van der Waals surface area contributed by atoms with Crippen molar-refractivity contribution in [1.82, 2.24) is 4.90 Å². The Labute approximate surface area is 153 Å². The summed E-state index contributed by atoms with van der Waals surface area (Å²) >= 11 is 5.85. The Morgan fingerprint density at radius 1 is 1.00 bits per heavy atom. The molecule has 6 heteroatoms. The highest BCUT2D eigenvalue weighted by Gasteiger charge is 2.32. The molecule has 1 aliphatic heterocycles. The molecule has 1 amide bonds. The van der Waals surface area contributed by atoms with Crippen LogP contribution in [0, 0.1) is 0 Å². The van der Waals surface area contributed by atoms with Gasteiger partial charge in [0.25, 0.3) is 0 Å². The standard InChI is InChI=1S/C19H20ClNO3S/c20-16-8-6-15(7-9-16)14-19(22)21-12-10-18(11-13-21)25(23,24)17-4-2-1-3-5-17/h1-9,18H,10-14H2. The Kier molecular flexibility index (Phi) is 5.45. The molecule has 0 radical (unpaired) electrons. The fraction of sp³-hybridized carbons (Fsp3) is 0.316. The number of hydrogen-bond acceptors (Lipinski definition) is 3. The highest BCUT2D eigenvalue weighted by Crippen LogP contribution is 2.25. The summed E-state index contributed by atoms with van der Waals surface area (Å²) in [5.74, 6) is 0.0258. The summed E-state index contributed by atoms with van der Waals surface area (Å²) in [5, 5.41) is 0.220. The zero-order chi connectivity index (χ0) is 17.9. The van der Waals surface area contributed by atoms with Gasteiger partial charge in [-0.3, -0.25) is 4.79 Å². The lowest BCUT2D eigenvalue weighted by atomic mass is 10.1. The fourth-order valence-corrected chi connectivity index (χ4v) is 4.99. The molecule has 1 saturated heterocycles. The van der Waals surface area contributed by atoms with E-state index in [1.54, 1.807) is 47.4 Å². The second-order valence-electron chi connectivity index (χ2n) is 6.24. The summed E-state index contributed by atoms with van der Waals surface area (Å²) in [5.41, 5.74) is 0.911. The van der Waals surface area contributed by atoms with Gasteiger partial charge in [0.05, 0.1) is 16.6 Å². The molecule has 0 unspecified atom stereocenters. The van der Waals surface area contributed by atoms with Gasteiger partial charge in [0.2, 0.25) is 5.91 Å². The van der Waals surface area contributed by atoms with Gasteiger partial charge in [-0.2, -0.15) is 0 Å². The van der Waals surface area contributed by atoms with Gasteiger partial charge in [0.1, 0.15) is 0 Å². The van der Waals surface area contributed by atoms with Crippen LogP contribution in [-0.4, -0.2) is 37.6 Å². The van der Waals surface area contributed by atoms with Gasteiger partial charge in [-0.1, -0.05) is 41.9 Å². The van der Waals surface area contributed by atoms with E-state index < -0.39 is 15.1 Å². The SMILES string of the molecule is O=C(Cc1ccc(Cl)cc1)N1CCC(S(=O)(=O)c2ccccc2)CC1. The topological polar surface area (TPSA) is 54.5 Å². The molecular formula is C19H20ClNO3S. The average molecular weight is 378 g/mol. The van der Waals surface area contributed by atoms with Crippen molar-refractivity contribution < 1.29 is 13.2 Å². The number of rotatable bonds is 4. The lowest BCUT2D eigenvalue weighted by Gasteiger charge is -2.32. The molecule has 0 N–H and O–H groups in total. The van der Waals surface area contributed by atoms with E-state index in [-0.39, 0.29) is 5.91 Å². The summed E-state index contributed by atoms with van der Waals surface area (Å²) in [6.07, 6.45) is 1.26. The Morgan fingerprint density at radius 2 is 1.60 bits per heavy atom. The number of piperidine rings is 1. The van der Waals surface area contributed by atoms with E-state index in [1.165, 1.54) is 0 Å². The van der Waals surface area contributed by atoms with Crippen LogP contribution in [0.2, 0.25) is 5.02 Å². The molecule has 0 saturated carbocycles. The Balaban J connectivity index is 1.60. The maximum atomic E-state index is 12.7. The molecule has 25 heavy (non-hydrogen) atoms. The van der Waals surface area contributed by atoms with Crippen LogP contribution in [0.5, 0.6) is 0 Å². The summed E-state index contributed by atoms with van der Waals surface area (Å²) in [7, 11) is -3.33. The molecule has 1 heterocycles. The van der Waals surface area contributed by atoms with Crippen molar-refractivity contribution in [3.8, 4) is 0 Å². The molecule has 3 rings (SSSR count). The van der Waals surface area contributed by atoms with Gasteiger partial charge in [0, 0.05) is 18.1 Å². The number of nitrogens with zero attached hydrogens (tertiary/aromatic N) is 1. The van der Waals surface area contributed by atoms with Crippen LogP contribution < -0.4 is 0 Å². The molecule has 1 fully saturated rings. The van der Waals surface area contributed by atoms with E-state index in [0.717, 1.165) is 5.56 Å². The predicted octanol–water partition coefficient (Wildman–Crippen LogP) is 3.35. The number of hydrogen-bond donors (Lipinski definition) is 0. The minimum absolute atomic E-state index is 0.0258. The number of benzene rings is 2. The van der Waals surface area contributed by atoms with Crippen LogP contribution >= 0.6 is 11.6 Å². The molecule has 4 nitrogen and oxygen atoms in total. The first-order valence-corrected chi connectivity index (χ1v) is 10.2. The third-order valence-electron chi connectivity index (χ3n) is 4.57. The zero-order valence-corrected chi connectivity index (χ0v) is 15.3. The molecular weight excluding hydrogens is 358 g/mol. The number of sulfone groups is 1. The van der Waals surface area contributed by atoms with Gasteiger partial charge >= 0.3 is 0 Å². The maximum Gasteiger partial charge on any atom is 0.226 e. The average Bonchev–Trinajstić information content (AvgIpc) is 2.64. The van der Waals surface area contributed by atoms with Crippen molar-refractivity contribution in [1.29, 1.82) is 0 Å². The fourth-order valence-electron chi connectivity index (χ4n) is 3.11. The number of amides is 1. The van der Waals surface area contributed by atoms with Gasteiger partial charge < -0.3 is 4.90 Å². The largest absolute Gasteiger partial charge is 0.342 e. The van der Waals surface area contributed by atoms with E-state index in [2.05, 4.69) is 0 Å². The second-order valence-corrected chi connectivity index (χ2v) is 8.91. The van der Waals surface area contributed by atoms with Crippen LogP contribution in [0.15, 0.2) is 59.5 Å². The summed E-state index contributed by atoms with van der Waals surface area (Å²) in [6.45, 7) is 0.951. The summed E-state index contributed by atoms with van der Waals surface area (Å²) in [4.78, 5) is 14.5. The molecule has 132 valence electrons. The van der Waals surface area contributed by atoms with Crippen molar-refractivity contribution in [2.24, 2.45) is 0 Å². The molecule has 0 spiro atoms. The maximum absolute atomic E-state index is 12.7. The third kappa shape index (κ3) is 4.22. The minimum Gasteiger partial charge on any atom is -0.342 e. The minimum atomic E-state index is -3.33. The Hall–Kier alpha value is -1.85. The first-order valence-electron chi connectivity index (χ1n) is 8.28. The van der Waals surface area contributed by atoms with Crippen LogP contribution in [0.3, 0.4) is 0 Å². The third-order valence-corrected chi connectivity index (χ3v) is 7.10. The lowest BCUT2D eigenvalue weighted by Crippen LogP contribution is -2.43. The summed E-state index contributed by atoms with van der Waals surface area (Å²) in [6, 6.07) is 15.7. The van der Waals surface area contributed by atoms with E-state index in [4.69, 9.17) is 11.6 Å². The first-order chi connectivity index (χ1) is 12.0.